The maximum Gasteiger partial charge on any atom is 0.330 e. The van der Waals surface area contributed by atoms with E-state index in [1.807, 2.05) is 0 Å². The Morgan fingerprint density at radius 2 is 1.36 bits per heavy atom. The van der Waals surface area contributed by atoms with Crippen LogP contribution in [0.4, 0.5) is 11.4 Å². The van der Waals surface area contributed by atoms with Crippen molar-refractivity contribution in [1.82, 2.24) is 0 Å². The lowest BCUT2D eigenvalue weighted by Gasteiger charge is -2.18. The van der Waals surface area contributed by atoms with Crippen LogP contribution in [0.1, 0.15) is 20.8 Å². The zero-order valence-corrected chi connectivity index (χ0v) is 14.1. The third-order valence-corrected chi connectivity index (χ3v) is 2.99. The van der Waals surface area contributed by atoms with Crippen LogP contribution in [-0.4, -0.2) is 17.8 Å². The standard InChI is InChI=1S/C18H18N2O5/c1-12(21)19-15-4-8-17(9-5-15)24-18-10-6-16(7-11-18)20(13(2)22)25-14(3)23/h4-11H,1-3H3,(H,19,21). The monoisotopic (exact) mass is 342 g/mol. The minimum atomic E-state index is -0.588. The molecule has 2 rings (SSSR count). The first-order chi connectivity index (χ1) is 11.8. The Morgan fingerprint density at radius 3 is 1.80 bits per heavy atom. The number of anilines is 2. The summed E-state index contributed by atoms with van der Waals surface area (Å²) in [7, 11) is 0. The Kier molecular flexibility index (Phi) is 5.73. The molecular formula is C18H18N2O5. The number of rotatable bonds is 4. The molecule has 2 aromatic carbocycles. The first-order valence-electron chi connectivity index (χ1n) is 7.50. The summed E-state index contributed by atoms with van der Waals surface area (Å²) < 4.78 is 5.69. The fourth-order valence-electron chi connectivity index (χ4n) is 2.02. The van der Waals surface area contributed by atoms with Gasteiger partial charge >= 0.3 is 5.97 Å². The van der Waals surface area contributed by atoms with Crippen LogP contribution in [0.25, 0.3) is 0 Å². The van der Waals surface area contributed by atoms with E-state index in [2.05, 4.69) is 5.32 Å². The van der Waals surface area contributed by atoms with Gasteiger partial charge in [0.05, 0.1) is 5.69 Å². The lowest BCUT2D eigenvalue weighted by atomic mass is 10.2. The van der Waals surface area contributed by atoms with E-state index in [1.165, 1.54) is 20.8 Å². The molecule has 0 fully saturated rings. The normalized spacial score (nSPS) is 9.88. The summed E-state index contributed by atoms with van der Waals surface area (Å²) in [5.41, 5.74) is 1.09. The lowest BCUT2D eigenvalue weighted by molar-refractivity contribution is -0.147. The molecule has 0 aromatic heterocycles. The molecule has 2 aromatic rings. The molecule has 0 aliphatic carbocycles. The van der Waals surface area contributed by atoms with E-state index in [1.54, 1.807) is 48.5 Å². The van der Waals surface area contributed by atoms with Crippen molar-refractivity contribution < 1.29 is 24.0 Å². The van der Waals surface area contributed by atoms with Gasteiger partial charge in [-0.3, -0.25) is 9.59 Å². The van der Waals surface area contributed by atoms with Crippen molar-refractivity contribution in [3.63, 3.8) is 0 Å². The van der Waals surface area contributed by atoms with Gasteiger partial charge in [0.25, 0.3) is 5.91 Å². The number of nitrogens with one attached hydrogen (secondary N) is 1. The number of nitrogens with zero attached hydrogens (tertiary/aromatic N) is 1. The van der Waals surface area contributed by atoms with Crippen LogP contribution in [0, 0.1) is 0 Å². The van der Waals surface area contributed by atoms with Crippen LogP contribution in [0.5, 0.6) is 11.5 Å². The van der Waals surface area contributed by atoms with Gasteiger partial charge in [0.2, 0.25) is 5.91 Å². The predicted molar refractivity (Wildman–Crippen MR) is 92.2 cm³/mol. The van der Waals surface area contributed by atoms with E-state index >= 15 is 0 Å². The summed E-state index contributed by atoms with van der Waals surface area (Å²) in [6, 6.07) is 13.4. The van der Waals surface area contributed by atoms with Gasteiger partial charge in [-0.05, 0) is 48.5 Å². The smallest absolute Gasteiger partial charge is 0.330 e. The van der Waals surface area contributed by atoms with Crippen molar-refractivity contribution in [2.24, 2.45) is 0 Å². The van der Waals surface area contributed by atoms with Gasteiger partial charge in [-0.1, -0.05) is 0 Å². The second-order valence-corrected chi connectivity index (χ2v) is 5.20. The molecule has 0 aliphatic rings. The third-order valence-electron chi connectivity index (χ3n) is 2.99. The summed E-state index contributed by atoms with van der Waals surface area (Å²) in [6.07, 6.45) is 0. The molecule has 130 valence electrons. The molecule has 2 amide bonds. The van der Waals surface area contributed by atoms with Crippen molar-refractivity contribution in [3.05, 3.63) is 48.5 Å². The minimum absolute atomic E-state index is 0.146. The number of hydrogen-bond donors (Lipinski definition) is 1. The van der Waals surface area contributed by atoms with Gasteiger partial charge in [0.1, 0.15) is 11.5 Å². The number of hydroxylamine groups is 1. The number of benzene rings is 2. The molecule has 0 bridgehead atoms. The summed E-state index contributed by atoms with van der Waals surface area (Å²) in [4.78, 5) is 38.5. The Balaban J connectivity index is 2.08. The molecular weight excluding hydrogens is 324 g/mol. The van der Waals surface area contributed by atoms with Crippen LogP contribution in [0.2, 0.25) is 0 Å². The SMILES string of the molecule is CC(=O)Nc1ccc(Oc2ccc(N(OC(C)=O)C(C)=O)cc2)cc1. The minimum Gasteiger partial charge on any atom is -0.457 e. The van der Waals surface area contributed by atoms with Crippen LogP contribution in [0.3, 0.4) is 0 Å². The summed E-state index contributed by atoms with van der Waals surface area (Å²) in [5, 5.41) is 3.58. The third kappa shape index (κ3) is 5.35. The molecule has 0 atom stereocenters. The Morgan fingerprint density at radius 1 is 0.840 bits per heavy atom. The highest BCUT2D eigenvalue weighted by atomic mass is 16.7. The van der Waals surface area contributed by atoms with Gasteiger partial charge in [-0.2, -0.15) is 0 Å². The topological polar surface area (TPSA) is 84.9 Å². The fraction of sp³-hybridized carbons (Fsp3) is 0.167. The van der Waals surface area contributed by atoms with Crippen LogP contribution >= 0.6 is 0 Å². The zero-order chi connectivity index (χ0) is 18.4. The van der Waals surface area contributed by atoms with Gasteiger partial charge in [-0.15, -0.1) is 5.06 Å². The fourth-order valence-corrected chi connectivity index (χ4v) is 2.02. The summed E-state index contributed by atoms with van der Waals surface area (Å²) >= 11 is 0. The molecule has 0 unspecified atom stereocenters. The predicted octanol–water partition coefficient (Wildman–Crippen LogP) is 3.27. The quantitative estimate of drug-likeness (QED) is 0.862. The lowest BCUT2D eigenvalue weighted by Crippen LogP contribution is -2.30. The zero-order valence-electron chi connectivity index (χ0n) is 14.1. The van der Waals surface area contributed by atoms with E-state index < -0.39 is 11.9 Å². The molecule has 7 heteroatoms. The highest BCUT2D eigenvalue weighted by molar-refractivity contribution is 5.91. The highest BCUT2D eigenvalue weighted by Crippen LogP contribution is 2.26. The first-order valence-corrected chi connectivity index (χ1v) is 7.50. The van der Waals surface area contributed by atoms with Crippen molar-refractivity contribution >= 4 is 29.2 Å². The number of amides is 2. The van der Waals surface area contributed by atoms with Gasteiger partial charge < -0.3 is 14.9 Å². The average Bonchev–Trinajstić information content (AvgIpc) is 2.54. The van der Waals surface area contributed by atoms with Crippen molar-refractivity contribution in [1.29, 1.82) is 0 Å². The van der Waals surface area contributed by atoms with E-state index in [-0.39, 0.29) is 5.91 Å². The number of hydrogen-bond acceptors (Lipinski definition) is 5. The number of carbonyl (C=O) groups is 3. The molecule has 0 aliphatic heterocycles. The van der Waals surface area contributed by atoms with Crippen LogP contribution < -0.4 is 15.1 Å². The summed E-state index contributed by atoms with van der Waals surface area (Å²) in [5.74, 6) is -0.0214. The Bertz CT molecular complexity index is 769. The second kappa shape index (κ2) is 7.96. The first kappa shape index (κ1) is 18.0. The number of carbonyl (C=O) groups excluding carboxylic acids is 3. The van der Waals surface area contributed by atoms with E-state index in [4.69, 9.17) is 9.57 Å². The van der Waals surface area contributed by atoms with E-state index in [0.717, 1.165) is 5.06 Å². The Hall–Kier alpha value is -3.35. The molecule has 0 spiro atoms. The van der Waals surface area contributed by atoms with Crippen molar-refractivity contribution in [2.75, 3.05) is 10.4 Å². The largest absolute Gasteiger partial charge is 0.457 e. The van der Waals surface area contributed by atoms with Crippen LogP contribution in [-0.2, 0) is 19.2 Å². The average molecular weight is 342 g/mol. The summed E-state index contributed by atoms with van der Waals surface area (Å²) in [6.45, 7) is 3.95. The van der Waals surface area contributed by atoms with E-state index in [0.29, 0.717) is 22.9 Å². The second-order valence-electron chi connectivity index (χ2n) is 5.20. The molecule has 0 radical (unpaired) electrons. The van der Waals surface area contributed by atoms with Crippen LogP contribution in [0.15, 0.2) is 48.5 Å². The maximum atomic E-state index is 11.6. The molecule has 0 saturated carbocycles. The molecule has 1 N–H and O–H groups in total. The Labute approximate surface area is 145 Å². The van der Waals surface area contributed by atoms with Crippen molar-refractivity contribution in [2.45, 2.75) is 20.8 Å². The van der Waals surface area contributed by atoms with Gasteiger partial charge in [0.15, 0.2) is 0 Å². The van der Waals surface area contributed by atoms with Gasteiger partial charge in [-0.25, -0.2) is 4.79 Å². The highest BCUT2D eigenvalue weighted by Gasteiger charge is 2.15. The number of ether oxygens (including phenoxy) is 1. The van der Waals surface area contributed by atoms with Crippen molar-refractivity contribution in [3.8, 4) is 11.5 Å². The van der Waals surface area contributed by atoms with E-state index in [9.17, 15) is 14.4 Å². The molecule has 0 heterocycles. The molecule has 25 heavy (non-hydrogen) atoms. The maximum absolute atomic E-state index is 11.6. The molecule has 0 saturated heterocycles. The molecule has 7 nitrogen and oxygen atoms in total. The van der Waals surface area contributed by atoms with Gasteiger partial charge in [0, 0.05) is 26.5 Å².